The van der Waals surface area contributed by atoms with Crippen molar-refractivity contribution in [1.82, 2.24) is 4.90 Å². The Labute approximate surface area is 190 Å². The number of ether oxygens (including phenoxy) is 2. The lowest BCUT2D eigenvalue weighted by molar-refractivity contribution is -0.131. The molecular formula is C26H23NO6. The van der Waals surface area contributed by atoms with Gasteiger partial charge in [-0.2, -0.15) is 0 Å². The molecule has 1 N–H and O–H groups in total. The van der Waals surface area contributed by atoms with Crippen LogP contribution in [0.4, 0.5) is 0 Å². The molecule has 0 bridgehead atoms. The van der Waals surface area contributed by atoms with E-state index in [9.17, 15) is 14.7 Å². The van der Waals surface area contributed by atoms with Gasteiger partial charge in [-0.15, -0.1) is 0 Å². The van der Waals surface area contributed by atoms with E-state index in [2.05, 4.69) is 0 Å². The summed E-state index contributed by atoms with van der Waals surface area (Å²) in [6.07, 6.45) is 2.96. The van der Waals surface area contributed by atoms with Crippen LogP contribution in [-0.2, 0) is 9.53 Å². The minimum atomic E-state index is -0.793. The molecule has 2 aliphatic rings. The van der Waals surface area contributed by atoms with Crippen molar-refractivity contribution in [3.05, 3.63) is 95.6 Å². The second kappa shape index (κ2) is 8.96. The predicted octanol–water partition coefficient (Wildman–Crippen LogP) is 4.83. The number of nitrogens with zero attached hydrogens (tertiary/aromatic N) is 1. The van der Waals surface area contributed by atoms with E-state index in [1.807, 2.05) is 36.4 Å². The average Bonchev–Trinajstić information content (AvgIpc) is 3.59. The lowest BCUT2D eigenvalue weighted by atomic mass is 9.94. The highest BCUT2D eigenvalue weighted by atomic mass is 16.5. The van der Waals surface area contributed by atoms with E-state index in [0.29, 0.717) is 23.7 Å². The van der Waals surface area contributed by atoms with Gasteiger partial charge in [0.25, 0.3) is 5.91 Å². The Kier molecular flexibility index (Phi) is 5.71. The first kappa shape index (κ1) is 21.0. The van der Waals surface area contributed by atoms with E-state index >= 15 is 0 Å². The maximum absolute atomic E-state index is 13.3. The fraction of sp³-hybridized carbons (Fsp3) is 0.231. The molecule has 2 atom stereocenters. The molecule has 7 heteroatoms. The van der Waals surface area contributed by atoms with Crippen LogP contribution in [0, 0.1) is 0 Å². The molecule has 0 saturated carbocycles. The van der Waals surface area contributed by atoms with Crippen molar-refractivity contribution in [3.8, 4) is 11.5 Å². The van der Waals surface area contributed by atoms with E-state index in [1.54, 1.807) is 24.3 Å². The van der Waals surface area contributed by atoms with Crippen LogP contribution >= 0.6 is 0 Å². The first-order valence-corrected chi connectivity index (χ1v) is 10.9. The standard InChI is InChI=1S/C26H23NO6/c28-24(21-12-6-14-32-21)22-23(27(26(30)25(22)29)16-20-11-5-13-31-20)17-7-4-10-19(15-17)33-18-8-2-1-3-9-18/h1-4,6-10,12,14-15,20,23,29H,5,11,13,16H2/t20-,23-/m0/s1. The van der Waals surface area contributed by atoms with Crippen molar-refractivity contribution in [2.24, 2.45) is 0 Å². The van der Waals surface area contributed by atoms with Crippen LogP contribution in [0.25, 0.3) is 0 Å². The Morgan fingerprint density at radius 2 is 1.88 bits per heavy atom. The summed E-state index contributed by atoms with van der Waals surface area (Å²) in [7, 11) is 0. The van der Waals surface area contributed by atoms with Crippen molar-refractivity contribution < 1.29 is 28.6 Å². The van der Waals surface area contributed by atoms with Gasteiger partial charge >= 0.3 is 0 Å². The largest absolute Gasteiger partial charge is 0.503 e. The maximum atomic E-state index is 13.3. The molecule has 1 fully saturated rings. The summed E-state index contributed by atoms with van der Waals surface area (Å²) in [6, 6.07) is 18.8. The molecule has 1 aromatic heterocycles. The highest BCUT2D eigenvalue weighted by Gasteiger charge is 2.45. The fourth-order valence-corrected chi connectivity index (χ4v) is 4.34. The van der Waals surface area contributed by atoms with Crippen LogP contribution in [0.2, 0.25) is 0 Å². The fourth-order valence-electron chi connectivity index (χ4n) is 4.34. The van der Waals surface area contributed by atoms with Gasteiger partial charge in [0, 0.05) is 13.2 Å². The molecule has 2 aromatic carbocycles. The van der Waals surface area contributed by atoms with Gasteiger partial charge in [0.05, 0.1) is 24.0 Å². The number of aliphatic hydroxyl groups is 1. The third kappa shape index (κ3) is 4.15. The summed E-state index contributed by atoms with van der Waals surface area (Å²) in [5.74, 6) is -0.406. The normalized spacial score (nSPS) is 20.5. The minimum Gasteiger partial charge on any atom is -0.503 e. The van der Waals surface area contributed by atoms with Crippen LogP contribution in [0.3, 0.4) is 0 Å². The molecule has 2 aliphatic heterocycles. The average molecular weight is 445 g/mol. The molecule has 1 saturated heterocycles. The van der Waals surface area contributed by atoms with Crippen LogP contribution < -0.4 is 4.74 Å². The topological polar surface area (TPSA) is 89.2 Å². The second-order valence-corrected chi connectivity index (χ2v) is 8.05. The van der Waals surface area contributed by atoms with Gasteiger partial charge in [0.15, 0.2) is 11.5 Å². The molecule has 0 unspecified atom stereocenters. The van der Waals surface area contributed by atoms with E-state index < -0.39 is 23.5 Å². The van der Waals surface area contributed by atoms with Gasteiger partial charge in [-0.05, 0) is 54.8 Å². The zero-order chi connectivity index (χ0) is 22.8. The number of hydrogen-bond acceptors (Lipinski definition) is 6. The van der Waals surface area contributed by atoms with Gasteiger partial charge in [0.1, 0.15) is 11.5 Å². The number of ketones is 1. The summed E-state index contributed by atoms with van der Waals surface area (Å²) in [4.78, 5) is 27.8. The number of benzene rings is 2. The highest BCUT2D eigenvalue weighted by Crippen LogP contribution is 2.41. The van der Waals surface area contributed by atoms with Gasteiger partial charge in [-0.3, -0.25) is 9.59 Å². The molecule has 0 radical (unpaired) electrons. The molecule has 3 heterocycles. The number of Topliss-reactive ketones (excluding diaryl/α,β-unsaturated/α-hetero) is 1. The molecule has 5 rings (SSSR count). The number of aliphatic hydroxyl groups excluding tert-OH is 1. The van der Waals surface area contributed by atoms with E-state index in [-0.39, 0.29) is 24.0 Å². The van der Waals surface area contributed by atoms with Crippen LogP contribution in [-0.4, -0.2) is 41.0 Å². The van der Waals surface area contributed by atoms with Gasteiger partial charge in [-0.1, -0.05) is 30.3 Å². The summed E-state index contributed by atoms with van der Waals surface area (Å²) in [6.45, 7) is 0.904. The van der Waals surface area contributed by atoms with Crippen molar-refractivity contribution in [2.75, 3.05) is 13.2 Å². The molecule has 0 spiro atoms. The number of hydrogen-bond donors (Lipinski definition) is 1. The molecule has 7 nitrogen and oxygen atoms in total. The third-order valence-corrected chi connectivity index (χ3v) is 5.87. The molecule has 3 aromatic rings. The number of amides is 1. The Morgan fingerprint density at radius 3 is 2.61 bits per heavy atom. The number of para-hydroxylation sites is 1. The monoisotopic (exact) mass is 445 g/mol. The van der Waals surface area contributed by atoms with Crippen molar-refractivity contribution in [3.63, 3.8) is 0 Å². The lowest BCUT2D eigenvalue weighted by Gasteiger charge is -2.29. The Balaban J connectivity index is 1.53. The number of carbonyl (C=O) groups excluding carboxylic acids is 2. The SMILES string of the molecule is O=C(C1=C(O)C(=O)N(C[C@@H]2CCCO2)[C@H]1c1cccc(Oc2ccccc2)c1)c1ccco1. The van der Waals surface area contributed by atoms with Gasteiger partial charge in [0.2, 0.25) is 5.78 Å². The summed E-state index contributed by atoms with van der Waals surface area (Å²) in [5.41, 5.74) is 0.638. The lowest BCUT2D eigenvalue weighted by Crippen LogP contribution is -2.37. The van der Waals surface area contributed by atoms with Crippen LogP contribution in [0.1, 0.15) is 35.0 Å². The van der Waals surface area contributed by atoms with Gasteiger partial charge in [-0.25, -0.2) is 0 Å². The zero-order valence-electron chi connectivity index (χ0n) is 17.8. The Hall–Kier alpha value is -3.84. The Bertz CT molecular complexity index is 1180. The molecule has 168 valence electrons. The number of rotatable bonds is 7. The van der Waals surface area contributed by atoms with Crippen molar-refractivity contribution in [2.45, 2.75) is 25.0 Å². The first-order chi connectivity index (χ1) is 16.1. The first-order valence-electron chi connectivity index (χ1n) is 10.9. The number of furan rings is 1. The highest BCUT2D eigenvalue weighted by molar-refractivity contribution is 6.15. The molecule has 0 aliphatic carbocycles. The minimum absolute atomic E-state index is 0.00944. The summed E-state index contributed by atoms with van der Waals surface area (Å²) in [5, 5.41) is 10.8. The van der Waals surface area contributed by atoms with Crippen molar-refractivity contribution in [1.29, 1.82) is 0 Å². The quantitative estimate of drug-likeness (QED) is 0.524. The van der Waals surface area contributed by atoms with Crippen LogP contribution in [0.5, 0.6) is 11.5 Å². The van der Waals surface area contributed by atoms with E-state index in [1.165, 1.54) is 17.2 Å². The Morgan fingerprint density at radius 1 is 1.06 bits per heavy atom. The number of carbonyl (C=O) groups is 2. The molecule has 33 heavy (non-hydrogen) atoms. The second-order valence-electron chi connectivity index (χ2n) is 8.05. The van der Waals surface area contributed by atoms with Crippen molar-refractivity contribution >= 4 is 11.7 Å². The van der Waals surface area contributed by atoms with Gasteiger partial charge < -0.3 is 23.9 Å². The zero-order valence-corrected chi connectivity index (χ0v) is 17.8. The predicted molar refractivity (Wildman–Crippen MR) is 119 cm³/mol. The smallest absolute Gasteiger partial charge is 0.290 e. The summed E-state index contributed by atoms with van der Waals surface area (Å²) < 4.78 is 17.0. The molecule has 1 amide bonds. The molecular weight excluding hydrogens is 422 g/mol. The third-order valence-electron chi connectivity index (χ3n) is 5.87. The van der Waals surface area contributed by atoms with Crippen LogP contribution in [0.15, 0.2) is 88.7 Å². The van der Waals surface area contributed by atoms with E-state index in [0.717, 1.165) is 12.8 Å². The maximum Gasteiger partial charge on any atom is 0.290 e. The van der Waals surface area contributed by atoms with E-state index in [4.69, 9.17) is 13.9 Å². The summed E-state index contributed by atoms with van der Waals surface area (Å²) >= 11 is 0.